The van der Waals surface area contributed by atoms with Gasteiger partial charge in [-0.15, -0.1) is 6.42 Å². The fraction of sp³-hybridized carbons (Fsp3) is 0.667. The predicted molar refractivity (Wildman–Crippen MR) is 65.6 cm³/mol. The molecule has 0 aliphatic carbocycles. The molecule has 0 saturated carbocycles. The number of nitrogens with zero attached hydrogens (tertiary/aromatic N) is 2. The van der Waals surface area contributed by atoms with Crippen LogP contribution in [0.2, 0.25) is 0 Å². The van der Waals surface area contributed by atoms with Crippen LogP contribution in [-0.2, 0) is 4.79 Å². The molecule has 0 fully saturated rings. The zero-order valence-electron chi connectivity index (χ0n) is 10.5. The van der Waals surface area contributed by atoms with Crippen molar-refractivity contribution < 1.29 is 14.7 Å². The first-order valence-corrected chi connectivity index (χ1v) is 5.75. The zero-order chi connectivity index (χ0) is 13.3. The molecule has 2 amide bonds. The van der Waals surface area contributed by atoms with Gasteiger partial charge < -0.3 is 14.9 Å². The van der Waals surface area contributed by atoms with Crippen LogP contribution in [0.25, 0.3) is 0 Å². The van der Waals surface area contributed by atoms with Crippen LogP contribution in [0.15, 0.2) is 0 Å². The van der Waals surface area contributed by atoms with Crippen molar-refractivity contribution >= 4 is 12.0 Å². The number of hydrogen-bond donors (Lipinski definition) is 1. The molecule has 1 N–H and O–H groups in total. The van der Waals surface area contributed by atoms with E-state index in [0.717, 1.165) is 6.42 Å². The molecule has 5 nitrogen and oxygen atoms in total. The van der Waals surface area contributed by atoms with Crippen LogP contribution >= 0.6 is 0 Å². The monoisotopic (exact) mass is 240 g/mol. The highest BCUT2D eigenvalue weighted by atomic mass is 16.4. The summed E-state index contributed by atoms with van der Waals surface area (Å²) in [5.41, 5.74) is 0. The number of carbonyl (C=O) groups excluding carboxylic acids is 1. The summed E-state index contributed by atoms with van der Waals surface area (Å²) < 4.78 is 0. The van der Waals surface area contributed by atoms with Gasteiger partial charge in [-0.2, -0.15) is 0 Å². The average molecular weight is 240 g/mol. The van der Waals surface area contributed by atoms with Gasteiger partial charge in [-0.05, 0) is 13.3 Å². The van der Waals surface area contributed by atoms with E-state index in [-0.39, 0.29) is 25.5 Å². The van der Waals surface area contributed by atoms with E-state index in [4.69, 9.17) is 11.5 Å². The average Bonchev–Trinajstić information content (AvgIpc) is 2.29. The second kappa shape index (κ2) is 8.45. The number of hydrogen-bond acceptors (Lipinski definition) is 2. The normalized spacial score (nSPS) is 9.47. The molecule has 0 aromatic carbocycles. The lowest BCUT2D eigenvalue weighted by molar-refractivity contribution is -0.137. The minimum atomic E-state index is -0.907. The second-order valence-corrected chi connectivity index (χ2v) is 3.63. The van der Waals surface area contributed by atoms with Crippen LogP contribution in [0, 0.1) is 12.3 Å². The first kappa shape index (κ1) is 15.3. The highest BCUT2D eigenvalue weighted by Gasteiger charge is 2.18. The molecule has 17 heavy (non-hydrogen) atoms. The highest BCUT2D eigenvalue weighted by molar-refractivity contribution is 5.75. The highest BCUT2D eigenvalue weighted by Crippen LogP contribution is 2.01. The molecule has 0 saturated heterocycles. The van der Waals surface area contributed by atoms with Crippen molar-refractivity contribution in [1.82, 2.24) is 9.80 Å². The number of carbonyl (C=O) groups is 2. The Balaban J connectivity index is 4.46. The van der Waals surface area contributed by atoms with Gasteiger partial charge in [0.2, 0.25) is 0 Å². The number of terminal acetylenes is 1. The van der Waals surface area contributed by atoms with E-state index < -0.39 is 5.97 Å². The minimum absolute atomic E-state index is 0.0460. The van der Waals surface area contributed by atoms with Gasteiger partial charge in [0.05, 0.1) is 13.0 Å². The third-order valence-corrected chi connectivity index (χ3v) is 2.29. The molecule has 96 valence electrons. The summed E-state index contributed by atoms with van der Waals surface area (Å²) >= 11 is 0. The molecule has 0 aromatic heterocycles. The second-order valence-electron chi connectivity index (χ2n) is 3.63. The van der Waals surface area contributed by atoms with E-state index >= 15 is 0 Å². The fourth-order valence-electron chi connectivity index (χ4n) is 1.44. The van der Waals surface area contributed by atoms with E-state index in [9.17, 15) is 9.59 Å². The number of carboxylic acids is 1. The lowest BCUT2D eigenvalue weighted by atomic mass is 10.3. The van der Waals surface area contributed by atoms with Crippen LogP contribution in [0.5, 0.6) is 0 Å². The Labute approximate surface area is 102 Å². The van der Waals surface area contributed by atoms with Gasteiger partial charge in [0.25, 0.3) is 0 Å². The van der Waals surface area contributed by atoms with Gasteiger partial charge in [0.15, 0.2) is 0 Å². The van der Waals surface area contributed by atoms with E-state index in [1.807, 2.05) is 13.8 Å². The molecular weight excluding hydrogens is 220 g/mol. The molecule has 0 atom stereocenters. The largest absolute Gasteiger partial charge is 0.481 e. The molecule has 0 bridgehead atoms. The van der Waals surface area contributed by atoms with E-state index in [1.54, 1.807) is 4.90 Å². The summed E-state index contributed by atoms with van der Waals surface area (Å²) in [4.78, 5) is 25.6. The van der Waals surface area contributed by atoms with Gasteiger partial charge in [0, 0.05) is 19.6 Å². The SMILES string of the molecule is C#CCN(CCC)C(=O)N(CC)CCC(=O)O. The number of carboxylic acid groups (broad SMARTS) is 1. The fourth-order valence-corrected chi connectivity index (χ4v) is 1.44. The molecular formula is C12H20N2O3. The number of amides is 2. The molecule has 0 aromatic rings. The number of rotatable bonds is 7. The maximum absolute atomic E-state index is 12.0. The topological polar surface area (TPSA) is 60.9 Å². The molecule has 0 aliphatic rings. The molecule has 0 spiro atoms. The van der Waals surface area contributed by atoms with Crippen molar-refractivity contribution in [3.05, 3.63) is 0 Å². The Morgan fingerprint density at radius 1 is 1.24 bits per heavy atom. The van der Waals surface area contributed by atoms with Gasteiger partial charge in [-0.3, -0.25) is 4.79 Å². The van der Waals surface area contributed by atoms with Crippen LogP contribution < -0.4 is 0 Å². The van der Waals surface area contributed by atoms with Crippen LogP contribution in [0.1, 0.15) is 26.7 Å². The smallest absolute Gasteiger partial charge is 0.320 e. The summed E-state index contributed by atoms with van der Waals surface area (Å²) in [7, 11) is 0. The van der Waals surface area contributed by atoms with Crippen molar-refractivity contribution in [3.63, 3.8) is 0 Å². The van der Waals surface area contributed by atoms with Gasteiger partial charge in [-0.25, -0.2) is 4.79 Å². The molecule has 0 unspecified atom stereocenters. The standard InChI is InChI=1S/C12H20N2O3/c1-4-8-14(9-5-2)12(17)13(6-3)10-7-11(15)16/h1H,5-10H2,2-3H3,(H,15,16). The third-order valence-electron chi connectivity index (χ3n) is 2.29. The Morgan fingerprint density at radius 3 is 2.29 bits per heavy atom. The van der Waals surface area contributed by atoms with Gasteiger partial charge in [-0.1, -0.05) is 12.8 Å². The van der Waals surface area contributed by atoms with Crippen LogP contribution in [-0.4, -0.2) is 53.1 Å². The lowest BCUT2D eigenvalue weighted by Gasteiger charge is -2.28. The Kier molecular flexibility index (Phi) is 7.61. The van der Waals surface area contributed by atoms with Gasteiger partial charge >= 0.3 is 12.0 Å². The van der Waals surface area contributed by atoms with Crippen molar-refractivity contribution in [2.45, 2.75) is 26.7 Å². The van der Waals surface area contributed by atoms with E-state index in [0.29, 0.717) is 13.1 Å². The molecule has 0 heterocycles. The summed E-state index contributed by atoms with van der Waals surface area (Å²) in [6.07, 6.45) is 5.98. The lowest BCUT2D eigenvalue weighted by Crippen LogP contribution is -2.44. The van der Waals surface area contributed by atoms with E-state index in [2.05, 4.69) is 5.92 Å². The first-order valence-electron chi connectivity index (χ1n) is 5.75. The third kappa shape index (κ3) is 5.81. The quantitative estimate of drug-likeness (QED) is 0.681. The molecule has 0 aliphatic heterocycles. The van der Waals surface area contributed by atoms with Crippen molar-refractivity contribution in [3.8, 4) is 12.3 Å². The maximum Gasteiger partial charge on any atom is 0.320 e. The summed E-state index contributed by atoms with van der Waals surface area (Å²) in [5, 5.41) is 8.60. The molecule has 0 radical (unpaired) electrons. The number of urea groups is 1. The van der Waals surface area contributed by atoms with Crippen molar-refractivity contribution in [2.24, 2.45) is 0 Å². The van der Waals surface area contributed by atoms with Crippen LogP contribution in [0.3, 0.4) is 0 Å². The van der Waals surface area contributed by atoms with Crippen molar-refractivity contribution in [1.29, 1.82) is 0 Å². The Morgan fingerprint density at radius 2 is 1.88 bits per heavy atom. The minimum Gasteiger partial charge on any atom is -0.481 e. The Hall–Kier alpha value is -1.70. The summed E-state index contributed by atoms with van der Waals surface area (Å²) in [6, 6.07) is -0.187. The molecule has 0 rings (SSSR count). The van der Waals surface area contributed by atoms with Crippen LogP contribution in [0.4, 0.5) is 4.79 Å². The van der Waals surface area contributed by atoms with E-state index in [1.165, 1.54) is 4.90 Å². The summed E-state index contributed by atoms with van der Waals surface area (Å²) in [5.74, 6) is 1.53. The first-order chi connectivity index (χ1) is 8.06. The number of aliphatic carboxylic acids is 1. The predicted octanol–water partition coefficient (Wildman–Crippen LogP) is 1.25. The maximum atomic E-state index is 12.0. The Bertz CT molecular complexity index is 297. The van der Waals surface area contributed by atoms with Gasteiger partial charge in [0.1, 0.15) is 0 Å². The molecule has 5 heteroatoms. The van der Waals surface area contributed by atoms with Crippen molar-refractivity contribution in [2.75, 3.05) is 26.2 Å². The summed E-state index contributed by atoms with van der Waals surface area (Å²) in [6.45, 7) is 5.33. The zero-order valence-corrected chi connectivity index (χ0v) is 10.5.